The van der Waals surface area contributed by atoms with Crippen molar-refractivity contribution >= 4 is 46.2 Å². The van der Waals surface area contributed by atoms with Gasteiger partial charge in [0.1, 0.15) is 11.2 Å². The van der Waals surface area contributed by atoms with E-state index in [1.165, 1.54) is 6.08 Å². The molecule has 0 saturated carbocycles. The van der Waals surface area contributed by atoms with E-state index < -0.39 is 11.8 Å². The number of halogens is 1. The third-order valence-corrected chi connectivity index (χ3v) is 4.16. The molecule has 29 heavy (non-hydrogen) atoms. The molecule has 0 radical (unpaired) electrons. The normalized spacial score (nSPS) is 11.2. The van der Waals surface area contributed by atoms with Gasteiger partial charge in [0.15, 0.2) is 0 Å². The third-order valence-electron chi connectivity index (χ3n) is 3.91. The van der Waals surface area contributed by atoms with E-state index in [4.69, 9.17) is 21.2 Å². The number of nitrogens with one attached hydrogen (secondary N) is 2. The molecule has 3 rings (SSSR count). The fourth-order valence-electron chi connectivity index (χ4n) is 2.47. The summed E-state index contributed by atoms with van der Waals surface area (Å²) in [6, 6.07) is 10.3. The number of rotatable bonds is 8. The Morgan fingerprint density at radius 3 is 2.76 bits per heavy atom. The molecule has 0 aliphatic rings. The molecular weight excluding hydrogens is 394 g/mol. The fourth-order valence-corrected chi connectivity index (χ4v) is 2.60. The largest absolute Gasteiger partial charge is 0.462 e. The van der Waals surface area contributed by atoms with E-state index >= 15 is 0 Å². The van der Waals surface area contributed by atoms with Crippen molar-refractivity contribution in [3.8, 4) is 0 Å². The monoisotopic (exact) mass is 411 g/mol. The molecule has 3 aromatic rings. The molecule has 0 aliphatic heterocycles. The van der Waals surface area contributed by atoms with Gasteiger partial charge in [-0.15, -0.1) is 0 Å². The number of carbonyl (C=O) groups is 2. The average molecular weight is 412 g/mol. The highest BCUT2D eigenvalue weighted by Crippen LogP contribution is 2.22. The topological polar surface area (TPSA) is 93.3 Å². The van der Waals surface area contributed by atoms with Crippen LogP contribution in [0.15, 0.2) is 66.7 Å². The molecular formula is C21H18ClN3O4. The Bertz CT molecular complexity index is 1090. The number of Topliss-reactive ketones (excluding diaryl/α,β-unsaturated/α-hetero) is 1. The summed E-state index contributed by atoms with van der Waals surface area (Å²) in [4.78, 5) is 37.5. The number of nitrogens with zero attached hydrogens (tertiary/aromatic N) is 1. The van der Waals surface area contributed by atoms with Gasteiger partial charge in [0.05, 0.1) is 12.3 Å². The molecule has 148 valence electrons. The number of aromatic amines is 1. The van der Waals surface area contributed by atoms with E-state index in [0.29, 0.717) is 21.9 Å². The summed E-state index contributed by atoms with van der Waals surface area (Å²) in [6.07, 6.45) is 4.83. The van der Waals surface area contributed by atoms with Crippen LogP contribution in [0.4, 0.5) is 5.69 Å². The zero-order chi connectivity index (χ0) is 20.8. The van der Waals surface area contributed by atoms with E-state index in [2.05, 4.69) is 22.0 Å². The van der Waals surface area contributed by atoms with Gasteiger partial charge in [-0.2, -0.15) is 0 Å². The Morgan fingerprint density at radius 2 is 2.03 bits per heavy atom. The van der Waals surface area contributed by atoms with Crippen molar-refractivity contribution in [1.29, 1.82) is 0 Å². The first kappa shape index (κ1) is 20.2. The number of aromatic nitrogens is 2. The van der Waals surface area contributed by atoms with Crippen molar-refractivity contribution in [1.82, 2.24) is 9.97 Å². The van der Waals surface area contributed by atoms with Crippen LogP contribution in [-0.4, -0.2) is 28.3 Å². The molecule has 1 aromatic carbocycles. The number of esters is 1. The van der Waals surface area contributed by atoms with Crippen LogP contribution in [0.5, 0.6) is 0 Å². The van der Waals surface area contributed by atoms with Crippen LogP contribution in [0.1, 0.15) is 12.5 Å². The van der Waals surface area contributed by atoms with Gasteiger partial charge in [0.2, 0.25) is 11.5 Å². The van der Waals surface area contributed by atoms with Crippen LogP contribution in [0.3, 0.4) is 0 Å². The Labute approximate surface area is 171 Å². The van der Waals surface area contributed by atoms with Crippen LogP contribution >= 0.6 is 11.6 Å². The van der Waals surface area contributed by atoms with Crippen molar-refractivity contribution in [2.45, 2.75) is 6.92 Å². The number of ketones is 1. The van der Waals surface area contributed by atoms with Gasteiger partial charge in [-0.05, 0) is 49.4 Å². The lowest BCUT2D eigenvalue weighted by molar-refractivity contribution is -0.139. The maximum absolute atomic E-state index is 12.8. The molecule has 0 fully saturated rings. The predicted octanol–water partition coefficient (Wildman–Crippen LogP) is 4.29. The standard InChI is InChI=1S/C21H18ClN3O4/c1-3-28-21(27)13(2)19(26)18(29-25-16-8-6-15(22)7-9-16)11-14-12-24-20-17(14)5-4-10-23-20/h4-12,25H,2-3H2,1H3,(H,23,24)/b18-11-. The maximum Gasteiger partial charge on any atom is 0.341 e. The van der Waals surface area contributed by atoms with E-state index in [1.807, 2.05) is 6.07 Å². The van der Waals surface area contributed by atoms with Crippen LogP contribution in [0.25, 0.3) is 17.1 Å². The zero-order valence-electron chi connectivity index (χ0n) is 15.6. The quantitative estimate of drug-likeness (QED) is 0.143. The highest BCUT2D eigenvalue weighted by Gasteiger charge is 2.23. The number of pyridine rings is 1. The van der Waals surface area contributed by atoms with Crippen molar-refractivity contribution in [3.05, 3.63) is 77.3 Å². The lowest BCUT2D eigenvalue weighted by atomic mass is 10.1. The SMILES string of the molecule is C=C(C(=O)OCC)C(=O)/C(=C/c1c[nH]c2ncccc12)ONc1ccc(Cl)cc1. The number of carbonyl (C=O) groups excluding carboxylic acids is 2. The lowest BCUT2D eigenvalue weighted by Gasteiger charge is -2.12. The Hall–Kier alpha value is -3.58. The molecule has 0 unspecified atom stereocenters. The molecule has 0 spiro atoms. The van der Waals surface area contributed by atoms with Crippen molar-refractivity contribution in [2.75, 3.05) is 12.1 Å². The molecule has 0 saturated heterocycles. The number of fused-ring (bicyclic) bond motifs is 1. The third kappa shape index (κ3) is 4.83. The van der Waals surface area contributed by atoms with Gasteiger partial charge < -0.3 is 14.6 Å². The van der Waals surface area contributed by atoms with Crippen molar-refractivity contribution in [3.63, 3.8) is 0 Å². The van der Waals surface area contributed by atoms with Crippen molar-refractivity contribution in [2.24, 2.45) is 0 Å². The predicted molar refractivity (Wildman–Crippen MR) is 111 cm³/mol. The summed E-state index contributed by atoms with van der Waals surface area (Å²) in [5.41, 5.74) is 4.21. The first-order valence-electron chi connectivity index (χ1n) is 8.72. The summed E-state index contributed by atoms with van der Waals surface area (Å²) in [5.74, 6) is -1.65. The lowest BCUT2D eigenvalue weighted by Crippen LogP contribution is -2.19. The highest BCUT2D eigenvalue weighted by atomic mass is 35.5. The smallest absolute Gasteiger partial charge is 0.341 e. The van der Waals surface area contributed by atoms with Gasteiger partial charge in [-0.1, -0.05) is 18.2 Å². The minimum absolute atomic E-state index is 0.127. The number of benzene rings is 1. The second kappa shape index (κ2) is 9.07. The minimum atomic E-state index is -0.806. The average Bonchev–Trinajstić information content (AvgIpc) is 3.14. The van der Waals surface area contributed by atoms with E-state index in [1.54, 1.807) is 49.6 Å². The van der Waals surface area contributed by atoms with Crippen LogP contribution < -0.4 is 5.48 Å². The maximum atomic E-state index is 12.8. The van der Waals surface area contributed by atoms with E-state index in [9.17, 15) is 9.59 Å². The summed E-state index contributed by atoms with van der Waals surface area (Å²) < 4.78 is 4.86. The number of allylic oxidation sites excluding steroid dienone is 1. The number of ether oxygens (including phenoxy) is 1. The molecule has 0 bridgehead atoms. The summed E-state index contributed by atoms with van der Waals surface area (Å²) >= 11 is 5.87. The molecule has 8 heteroatoms. The number of hydrogen-bond acceptors (Lipinski definition) is 6. The molecule has 2 N–H and O–H groups in total. The van der Waals surface area contributed by atoms with Crippen LogP contribution in [-0.2, 0) is 19.2 Å². The Balaban J connectivity index is 1.91. The highest BCUT2D eigenvalue weighted by molar-refractivity contribution is 6.30. The number of H-pyrrole nitrogens is 1. The van der Waals surface area contributed by atoms with Crippen molar-refractivity contribution < 1.29 is 19.2 Å². The molecule has 0 amide bonds. The van der Waals surface area contributed by atoms with Gasteiger partial charge in [-0.3, -0.25) is 4.79 Å². The Kier molecular flexibility index (Phi) is 6.31. The summed E-state index contributed by atoms with van der Waals surface area (Å²) in [7, 11) is 0. The first-order valence-corrected chi connectivity index (χ1v) is 9.10. The summed E-state index contributed by atoms with van der Waals surface area (Å²) in [5, 5.41) is 1.35. The number of hydrogen-bond donors (Lipinski definition) is 2. The molecule has 0 aliphatic carbocycles. The summed E-state index contributed by atoms with van der Waals surface area (Å²) in [6.45, 7) is 5.31. The second-order valence-electron chi connectivity index (χ2n) is 5.89. The first-order chi connectivity index (χ1) is 14.0. The fraction of sp³-hybridized carbons (Fsp3) is 0.0952. The van der Waals surface area contributed by atoms with Gasteiger partial charge in [0, 0.05) is 28.4 Å². The Morgan fingerprint density at radius 1 is 1.28 bits per heavy atom. The van der Waals surface area contributed by atoms with Gasteiger partial charge in [0.25, 0.3) is 0 Å². The number of anilines is 1. The molecule has 2 heterocycles. The minimum Gasteiger partial charge on any atom is -0.462 e. The van der Waals surface area contributed by atoms with Crippen LogP contribution in [0.2, 0.25) is 5.02 Å². The van der Waals surface area contributed by atoms with Gasteiger partial charge >= 0.3 is 5.97 Å². The van der Waals surface area contributed by atoms with Crippen LogP contribution in [0, 0.1) is 0 Å². The molecule has 0 atom stereocenters. The van der Waals surface area contributed by atoms with Gasteiger partial charge in [-0.25, -0.2) is 15.3 Å². The molecule has 7 nitrogen and oxygen atoms in total. The molecule has 2 aromatic heterocycles. The van der Waals surface area contributed by atoms with E-state index in [-0.39, 0.29) is 17.9 Å². The second-order valence-corrected chi connectivity index (χ2v) is 6.33. The van der Waals surface area contributed by atoms with E-state index in [0.717, 1.165) is 5.39 Å². The zero-order valence-corrected chi connectivity index (χ0v) is 16.3.